The van der Waals surface area contributed by atoms with Crippen molar-refractivity contribution in [1.29, 1.82) is 0 Å². The van der Waals surface area contributed by atoms with E-state index in [4.69, 9.17) is 4.74 Å². The summed E-state index contributed by atoms with van der Waals surface area (Å²) in [6.45, 7) is 5.84. The van der Waals surface area contributed by atoms with Crippen LogP contribution in [0.2, 0.25) is 0 Å². The van der Waals surface area contributed by atoms with Gasteiger partial charge in [-0.15, -0.1) is 0 Å². The van der Waals surface area contributed by atoms with Crippen LogP contribution >= 0.6 is 0 Å². The van der Waals surface area contributed by atoms with Gasteiger partial charge in [-0.1, -0.05) is 12.8 Å². The second-order valence-corrected chi connectivity index (χ2v) is 6.48. The van der Waals surface area contributed by atoms with Crippen molar-refractivity contribution >= 4 is 17.9 Å². The van der Waals surface area contributed by atoms with Crippen LogP contribution in [-0.2, 0) is 14.3 Å². The predicted molar refractivity (Wildman–Crippen MR) is 82.2 cm³/mol. The lowest BCUT2D eigenvalue weighted by Crippen LogP contribution is -2.42. The average molecular weight is 313 g/mol. The zero-order chi connectivity index (χ0) is 16.6. The molecule has 3 N–H and O–H groups in total. The molecule has 0 aromatic rings. The summed E-state index contributed by atoms with van der Waals surface area (Å²) >= 11 is 0. The second kappa shape index (κ2) is 8.60. The molecule has 0 bridgehead atoms. The normalized spacial score (nSPS) is 15.2. The van der Waals surface area contributed by atoms with Crippen LogP contribution in [0.5, 0.6) is 0 Å². The maximum absolute atomic E-state index is 11.7. The Bertz CT molecular complexity index is 398. The Balaban J connectivity index is 2.06. The molecule has 0 unspecified atom stereocenters. The van der Waals surface area contributed by atoms with E-state index in [1.165, 1.54) is 0 Å². The lowest BCUT2D eigenvalue weighted by Gasteiger charge is -2.19. The summed E-state index contributed by atoms with van der Waals surface area (Å²) < 4.78 is 5.02. The largest absolute Gasteiger partial charge is 0.444 e. The maximum Gasteiger partial charge on any atom is 0.408 e. The molecule has 22 heavy (non-hydrogen) atoms. The molecule has 1 rings (SSSR count). The third-order valence-corrected chi connectivity index (χ3v) is 3.26. The molecule has 0 aliphatic heterocycles. The zero-order valence-electron chi connectivity index (χ0n) is 13.7. The van der Waals surface area contributed by atoms with E-state index in [9.17, 15) is 14.4 Å². The molecule has 0 aromatic heterocycles. The standard InChI is InChI=1S/C15H27N3O4/c1-15(2,3)22-14(21)18-10-12(19)16-8-9-17-13(20)11-6-4-5-7-11/h11H,4-10H2,1-3H3,(H,16,19)(H,17,20)(H,18,21). The van der Waals surface area contributed by atoms with Gasteiger partial charge in [0.05, 0.1) is 6.54 Å². The van der Waals surface area contributed by atoms with E-state index in [0.717, 1.165) is 25.7 Å². The first kappa shape index (κ1) is 18.3. The van der Waals surface area contributed by atoms with Crippen LogP contribution in [0.3, 0.4) is 0 Å². The molecule has 0 atom stereocenters. The minimum atomic E-state index is -0.628. The zero-order valence-corrected chi connectivity index (χ0v) is 13.7. The van der Waals surface area contributed by atoms with Crippen molar-refractivity contribution in [2.75, 3.05) is 19.6 Å². The molecule has 0 spiro atoms. The summed E-state index contributed by atoms with van der Waals surface area (Å²) in [5.41, 5.74) is -0.592. The van der Waals surface area contributed by atoms with Gasteiger partial charge in [-0.2, -0.15) is 0 Å². The monoisotopic (exact) mass is 313 g/mol. The van der Waals surface area contributed by atoms with Gasteiger partial charge >= 0.3 is 6.09 Å². The minimum Gasteiger partial charge on any atom is -0.444 e. The maximum atomic E-state index is 11.7. The average Bonchev–Trinajstić information content (AvgIpc) is 2.93. The minimum absolute atomic E-state index is 0.0682. The molecule has 1 saturated carbocycles. The van der Waals surface area contributed by atoms with Crippen molar-refractivity contribution in [1.82, 2.24) is 16.0 Å². The van der Waals surface area contributed by atoms with Gasteiger partial charge < -0.3 is 20.7 Å². The summed E-state index contributed by atoms with van der Waals surface area (Å²) in [4.78, 5) is 34.6. The molecular weight excluding hydrogens is 286 g/mol. The van der Waals surface area contributed by atoms with Crippen LogP contribution in [0.15, 0.2) is 0 Å². The molecule has 3 amide bonds. The fraction of sp³-hybridized carbons (Fsp3) is 0.800. The number of nitrogens with one attached hydrogen (secondary N) is 3. The highest BCUT2D eigenvalue weighted by atomic mass is 16.6. The van der Waals surface area contributed by atoms with E-state index in [0.29, 0.717) is 13.1 Å². The molecule has 0 saturated heterocycles. The highest BCUT2D eigenvalue weighted by molar-refractivity contribution is 5.82. The molecule has 1 fully saturated rings. The van der Waals surface area contributed by atoms with Gasteiger partial charge in [-0.25, -0.2) is 4.79 Å². The number of alkyl carbamates (subject to hydrolysis) is 1. The molecular formula is C15H27N3O4. The summed E-state index contributed by atoms with van der Waals surface area (Å²) in [6, 6.07) is 0. The summed E-state index contributed by atoms with van der Waals surface area (Å²) in [5.74, 6) is -0.121. The number of hydrogen-bond donors (Lipinski definition) is 3. The predicted octanol–water partition coefficient (Wildman–Crippen LogP) is 0.934. The van der Waals surface area contributed by atoms with Gasteiger partial charge in [0.1, 0.15) is 5.60 Å². The van der Waals surface area contributed by atoms with Crippen molar-refractivity contribution in [3.05, 3.63) is 0 Å². The first-order chi connectivity index (χ1) is 10.3. The van der Waals surface area contributed by atoms with E-state index in [-0.39, 0.29) is 24.3 Å². The third-order valence-electron chi connectivity index (χ3n) is 3.26. The van der Waals surface area contributed by atoms with Crippen molar-refractivity contribution in [3.63, 3.8) is 0 Å². The molecule has 1 aliphatic rings. The third kappa shape index (κ3) is 7.85. The SMILES string of the molecule is CC(C)(C)OC(=O)NCC(=O)NCCNC(=O)C1CCCC1. The Morgan fingerprint density at radius 1 is 1.00 bits per heavy atom. The molecule has 0 heterocycles. The smallest absolute Gasteiger partial charge is 0.408 e. The van der Waals surface area contributed by atoms with Crippen LogP contribution in [0.25, 0.3) is 0 Å². The van der Waals surface area contributed by atoms with Crippen LogP contribution < -0.4 is 16.0 Å². The Labute approximate surface area is 131 Å². The molecule has 0 aromatic carbocycles. The van der Waals surface area contributed by atoms with Crippen molar-refractivity contribution < 1.29 is 19.1 Å². The van der Waals surface area contributed by atoms with E-state index in [2.05, 4.69) is 16.0 Å². The van der Waals surface area contributed by atoms with Crippen LogP contribution in [-0.4, -0.2) is 43.1 Å². The molecule has 0 radical (unpaired) electrons. The fourth-order valence-corrected chi connectivity index (χ4v) is 2.25. The number of carbonyl (C=O) groups excluding carboxylic acids is 3. The Hall–Kier alpha value is -1.79. The number of ether oxygens (including phenoxy) is 1. The Morgan fingerprint density at radius 3 is 2.18 bits per heavy atom. The van der Waals surface area contributed by atoms with Gasteiger partial charge in [0.15, 0.2) is 0 Å². The highest BCUT2D eigenvalue weighted by Gasteiger charge is 2.22. The number of hydrogen-bond acceptors (Lipinski definition) is 4. The number of amides is 3. The first-order valence-electron chi connectivity index (χ1n) is 7.79. The second-order valence-electron chi connectivity index (χ2n) is 6.48. The Kier molecular flexibility index (Phi) is 7.14. The lowest BCUT2D eigenvalue weighted by atomic mass is 10.1. The van der Waals surface area contributed by atoms with E-state index in [1.54, 1.807) is 20.8 Å². The van der Waals surface area contributed by atoms with E-state index >= 15 is 0 Å². The summed E-state index contributed by atoms with van der Waals surface area (Å²) in [7, 11) is 0. The van der Waals surface area contributed by atoms with Crippen molar-refractivity contribution in [2.24, 2.45) is 5.92 Å². The van der Waals surface area contributed by atoms with Gasteiger partial charge in [-0.05, 0) is 33.6 Å². The van der Waals surface area contributed by atoms with Gasteiger partial charge in [-0.3, -0.25) is 9.59 Å². The summed E-state index contributed by atoms with van der Waals surface area (Å²) in [5, 5.41) is 7.81. The highest BCUT2D eigenvalue weighted by Crippen LogP contribution is 2.24. The topological polar surface area (TPSA) is 96.5 Å². The number of rotatable bonds is 6. The first-order valence-corrected chi connectivity index (χ1v) is 7.79. The van der Waals surface area contributed by atoms with Crippen LogP contribution in [0.1, 0.15) is 46.5 Å². The lowest BCUT2D eigenvalue weighted by molar-refractivity contribution is -0.125. The van der Waals surface area contributed by atoms with E-state index < -0.39 is 11.7 Å². The molecule has 7 nitrogen and oxygen atoms in total. The van der Waals surface area contributed by atoms with Crippen molar-refractivity contribution in [3.8, 4) is 0 Å². The van der Waals surface area contributed by atoms with Crippen LogP contribution in [0, 0.1) is 5.92 Å². The number of carbonyl (C=O) groups is 3. The van der Waals surface area contributed by atoms with E-state index in [1.807, 2.05) is 0 Å². The fourth-order valence-electron chi connectivity index (χ4n) is 2.25. The molecule has 1 aliphatic carbocycles. The van der Waals surface area contributed by atoms with Gasteiger partial charge in [0.25, 0.3) is 0 Å². The quantitative estimate of drug-likeness (QED) is 0.636. The van der Waals surface area contributed by atoms with Gasteiger partial charge in [0.2, 0.25) is 11.8 Å². The Morgan fingerprint density at radius 2 is 1.59 bits per heavy atom. The van der Waals surface area contributed by atoms with Crippen molar-refractivity contribution in [2.45, 2.75) is 52.1 Å². The molecule has 126 valence electrons. The van der Waals surface area contributed by atoms with Crippen LogP contribution in [0.4, 0.5) is 4.79 Å². The van der Waals surface area contributed by atoms with Gasteiger partial charge in [0, 0.05) is 19.0 Å². The summed E-state index contributed by atoms with van der Waals surface area (Å²) in [6.07, 6.45) is 3.52. The molecule has 7 heteroatoms.